The predicted molar refractivity (Wildman–Crippen MR) is 142 cm³/mol. The molecule has 0 radical (unpaired) electrons. The van der Waals surface area contributed by atoms with Crippen molar-refractivity contribution in [2.24, 2.45) is 11.8 Å². The molecule has 0 unspecified atom stereocenters. The minimum atomic E-state index is -0.949. The van der Waals surface area contributed by atoms with Gasteiger partial charge in [-0.1, -0.05) is 47.5 Å². The summed E-state index contributed by atoms with van der Waals surface area (Å²) in [5.41, 5.74) is 2.37. The number of carbonyl (C=O) groups is 4. The van der Waals surface area contributed by atoms with Gasteiger partial charge in [0.2, 0.25) is 11.8 Å². The molecule has 3 heterocycles. The number of ether oxygens (including phenoxy) is 1. The van der Waals surface area contributed by atoms with Crippen molar-refractivity contribution in [3.63, 3.8) is 0 Å². The summed E-state index contributed by atoms with van der Waals surface area (Å²) in [5, 5.41) is 0.564. The van der Waals surface area contributed by atoms with E-state index in [4.69, 9.17) is 27.9 Å². The smallest absolute Gasteiger partial charge is 0.308 e. The summed E-state index contributed by atoms with van der Waals surface area (Å²) in [6.45, 7) is 1.29. The number of hydrogen-bond donors (Lipinski definition) is 0. The van der Waals surface area contributed by atoms with Crippen molar-refractivity contribution in [1.29, 1.82) is 0 Å². The molecule has 6 rings (SSSR count). The van der Waals surface area contributed by atoms with E-state index in [9.17, 15) is 19.2 Å². The van der Waals surface area contributed by atoms with Gasteiger partial charge in [0.05, 0.1) is 28.6 Å². The predicted octanol–water partition coefficient (Wildman–Crippen LogP) is 5.32. The Hall–Kier alpha value is -3.94. The van der Waals surface area contributed by atoms with Gasteiger partial charge in [-0.25, -0.2) is 4.90 Å². The summed E-state index contributed by atoms with van der Waals surface area (Å²) >= 11 is 12.5. The van der Waals surface area contributed by atoms with Crippen LogP contribution in [-0.2, 0) is 14.4 Å². The molecule has 2 fully saturated rings. The Morgan fingerprint density at radius 3 is 2.32 bits per heavy atom. The third kappa shape index (κ3) is 3.73. The number of ketones is 1. The fourth-order valence-electron chi connectivity index (χ4n) is 5.79. The lowest BCUT2D eigenvalue weighted by Crippen LogP contribution is -2.44. The van der Waals surface area contributed by atoms with Crippen molar-refractivity contribution in [1.82, 2.24) is 4.90 Å². The van der Waals surface area contributed by atoms with Crippen LogP contribution in [0.5, 0.6) is 5.75 Å². The molecule has 38 heavy (non-hydrogen) atoms. The number of nitrogens with zero attached hydrogens (tertiary/aromatic N) is 2. The van der Waals surface area contributed by atoms with E-state index in [1.165, 1.54) is 25.1 Å². The molecule has 3 aliphatic heterocycles. The van der Waals surface area contributed by atoms with Crippen LogP contribution >= 0.6 is 23.2 Å². The fraction of sp³-hybridized carbons (Fsp3) is 0.172. The van der Waals surface area contributed by atoms with Gasteiger partial charge in [0.25, 0.3) is 0 Å². The average molecular weight is 547 g/mol. The van der Waals surface area contributed by atoms with E-state index in [1.807, 2.05) is 35.2 Å². The first-order chi connectivity index (χ1) is 18.3. The summed E-state index contributed by atoms with van der Waals surface area (Å²) in [7, 11) is 0. The van der Waals surface area contributed by atoms with Crippen molar-refractivity contribution in [2.45, 2.75) is 19.0 Å². The highest BCUT2D eigenvalue weighted by Crippen LogP contribution is 2.54. The molecular formula is C29H20Cl2N2O5. The van der Waals surface area contributed by atoms with Gasteiger partial charge in [-0.15, -0.1) is 0 Å². The number of halogens is 2. The van der Waals surface area contributed by atoms with Crippen molar-refractivity contribution in [3.05, 3.63) is 99.7 Å². The molecule has 0 N–H and O–H groups in total. The summed E-state index contributed by atoms with van der Waals surface area (Å²) in [5.74, 6) is -3.13. The Balaban J connectivity index is 1.45. The number of amides is 2. The summed E-state index contributed by atoms with van der Waals surface area (Å²) in [6.07, 6.45) is 3.67. The van der Waals surface area contributed by atoms with Gasteiger partial charge in [-0.05, 0) is 59.7 Å². The lowest BCUT2D eigenvalue weighted by atomic mass is 9.83. The van der Waals surface area contributed by atoms with Crippen LogP contribution in [0.4, 0.5) is 5.69 Å². The molecule has 4 atom stereocenters. The second-order valence-electron chi connectivity index (χ2n) is 9.42. The van der Waals surface area contributed by atoms with E-state index in [-0.39, 0.29) is 16.4 Å². The van der Waals surface area contributed by atoms with Crippen molar-refractivity contribution in [2.75, 3.05) is 4.90 Å². The van der Waals surface area contributed by atoms with Crippen LogP contribution < -0.4 is 9.64 Å². The highest BCUT2D eigenvalue weighted by Gasteiger charge is 2.64. The van der Waals surface area contributed by atoms with E-state index >= 15 is 0 Å². The number of carbonyl (C=O) groups excluding carboxylic acids is 4. The minimum absolute atomic E-state index is 0.179. The zero-order chi connectivity index (χ0) is 26.7. The summed E-state index contributed by atoms with van der Waals surface area (Å²) in [4.78, 5) is 56.2. The van der Waals surface area contributed by atoms with Crippen LogP contribution in [0.3, 0.4) is 0 Å². The SMILES string of the molecule is CC(=O)Oc1ccc(N2C(=O)[C@@H]3[C@H](C2=O)[C@@H]2c4ccccc4C=CN2[C@@H]3C(=O)c2ccc(Cl)cc2Cl)cc1. The molecule has 2 amide bonds. The standard InChI is InChI=1S/C29H20Cl2N2O5/c1-15(34)38-19-9-7-18(8-10-19)33-28(36)23-24(29(33)37)26(27(35)21-11-6-17(30)14-22(21)31)32-13-12-16-4-2-3-5-20(16)25(23)32/h2-14,23-26H,1H3/t23-,24+,25-,26-/m0/s1. The van der Waals surface area contributed by atoms with Gasteiger partial charge in [-0.2, -0.15) is 0 Å². The lowest BCUT2D eigenvalue weighted by molar-refractivity contribution is -0.132. The number of Topliss-reactive ketones (excluding diaryl/α,β-unsaturated/α-hetero) is 1. The number of hydrogen-bond acceptors (Lipinski definition) is 6. The summed E-state index contributed by atoms with van der Waals surface area (Å²) < 4.78 is 5.08. The van der Waals surface area contributed by atoms with Gasteiger partial charge in [-0.3, -0.25) is 19.2 Å². The Kier molecular flexibility index (Phi) is 5.85. The second kappa shape index (κ2) is 9.11. The zero-order valence-corrected chi connectivity index (χ0v) is 21.5. The normalized spacial score (nSPS) is 23.2. The molecule has 7 nitrogen and oxygen atoms in total. The Morgan fingerprint density at radius 2 is 1.61 bits per heavy atom. The number of benzene rings is 3. The topological polar surface area (TPSA) is 84.0 Å². The van der Waals surface area contributed by atoms with Crippen LogP contribution in [0.2, 0.25) is 10.0 Å². The first-order valence-electron chi connectivity index (χ1n) is 12.0. The fourth-order valence-corrected chi connectivity index (χ4v) is 6.29. The Bertz CT molecular complexity index is 1550. The number of rotatable bonds is 4. The van der Waals surface area contributed by atoms with Crippen molar-refractivity contribution < 1.29 is 23.9 Å². The highest BCUT2D eigenvalue weighted by molar-refractivity contribution is 6.37. The second-order valence-corrected chi connectivity index (χ2v) is 10.3. The maximum atomic E-state index is 14.0. The molecule has 0 bridgehead atoms. The van der Waals surface area contributed by atoms with Crippen LogP contribution in [0.1, 0.15) is 34.5 Å². The van der Waals surface area contributed by atoms with Gasteiger partial charge in [0.1, 0.15) is 11.8 Å². The average Bonchev–Trinajstić information content (AvgIpc) is 3.36. The van der Waals surface area contributed by atoms with Gasteiger partial charge in [0, 0.05) is 23.7 Å². The lowest BCUT2D eigenvalue weighted by Gasteiger charge is -2.35. The van der Waals surface area contributed by atoms with Crippen LogP contribution in [-0.4, -0.2) is 34.5 Å². The number of fused-ring (bicyclic) bond motifs is 5. The Morgan fingerprint density at radius 1 is 0.895 bits per heavy atom. The van der Waals surface area contributed by atoms with Crippen LogP contribution in [0, 0.1) is 11.8 Å². The molecule has 190 valence electrons. The van der Waals surface area contributed by atoms with Gasteiger partial charge >= 0.3 is 5.97 Å². The number of anilines is 1. The van der Waals surface area contributed by atoms with Crippen LogP contribution in [0.15, 0.2) is 72.9 Å². The molecule has 0 aliphatic carbocycles. The molecule has 0 aromatic heterocycles. The van der Waals surface area contributed by atoms with Crippen molar-refractivity contribution in [3.8, 4) is 5.75 Å². The monoisotopic (exact) mass is 546 g/mol. The van der Waals surface area contributed by atoms with E-state index < -0.39 is 41.7 Å². The maximum absolute atomic E-state index is 14.0. The molecule has 9 heteroatoms. The quantitative estimate of drug-likeness (QED) is 0.190. The van der Waals surface area contributed by atoms with E-state index in [0.29, 0.717) is 16.5 Å². The third-order valence-corrected chi connectivity index (χ3v) is 7.83. The van der Waals surface area contributed by atoms with Crippen molar-refractivity contribution >= 4 is 58.5 Å². The van der Waals surface area contributed by atoms with E-state index in [1.54, 1.807) is 30.5 Å². The molecular weight excluding hydrogens is 527 g/mol. The largest absolute Gasteiger partial charge is 0.427 e. The first kappa shape index (κ1) is 24.4. The Labute approximate surface area is 228 Å². The molecule has 0 saturated carbocycles. The van der Waals surface area contributed by atoms with E-state index in [2.05, 4.69) is 0 Å². The maximum Gasteiger partial charge on any atom is 0.308 e. The molecule has 3 aromatic carbocycles. The summed E-state index contributed by atoms with van der Waals surface area (Å²) in [6, 6.07) is 16.9. The molecule has 3 aromatic rings. The first-order valence-corrected chi connectivity index (χ1v) is 12.7. The molecule has 0 spiro atoms. The highest BCUT2D eigenvalue weighted by atomic mass is 35.5. The van der Waals surface area contributed by atoms with Crippen LogP contribution in [0.25, 0.3) is 6.08 Å². The third-order valence-electron chi connectivity index (χ3n) is 7.28. The molecule has 2 saturated heterocycles. The minimum Gasteiger partial charge on any atom is -0.427 e. The number of imide groups is 1. The van der Waals surface area contributed by atoms with E-state index in [0.717, 1.165) is 16.0 Å². The van der Waals surface area contributed by atoms with Gasteiger partial charge in [0.15, 0.2) is 5.78 Å². The molecule has 3 aliphatic rings. The van der Waals surface area contributed by atoms with Gasteiger partial charge < -0.3 is 9.64 Å². The zero-order valence-electron chi connectivity index (χ0n) is 20.0. The number of esters is 1.